The van der Waals surface area contributed by atoms with Gasteiger partial charge in [-0.25, -0.2) is 0 Å². The third-order valence-electron chi connectivity index (χ3n) is 8.94. The number of aliphatic hydroxyl groups is 1. The highest BCUT2D eigenvalue weighted by atomic mass is 79.9. The number of alkyl halides is 1. The van der Waals surface area contributed by atoms with Crippen LogP contribution in [0.15, 0.2) is 50.6 Å². The number of halogens is 2. The average Bonchev–Trinajstić information content (AvgIpc) is 3.07. The number of hydrogen-bond donors (Lipinski definition) is 2. The number of carbonyl (C=O) groups is 1. The van der Waals surface area contributed by atoms with Crippen molar-refractivity contribution in [2.75, 3.05) is 5.88 Å². The Morgan fingerprint density at radius 1 is 1.19 bits per heavy atom. The van der Waals surface area contributed by atoms with Crippen molar-refractivity contribution in [3.63, 3.8) is 0 Å². The van der Waals surface area contributed by atoms with Gasteiger partial charge < -0.3 is 10.3 Å². The first-order chi connectivity index (χ1) is 15.3. The van der Waals surface area contributed by atoms with Crippen LogP contribution in [0.2, 0.25) is 0 Å². The Morgan fingerprint density at radius 2 is 1.94 bits per heavy atom. The second kappa shape index (κ2) is 8.11. The Morgan fingerprint density at radius 3 is 2.62 bits per heavy atom. The van der Waals surface area contributed by atoms with Gasteiger partial charge in [0.1, 0.15) is 0 Å². The monoisotopic (exact) mass is 517 g/mol. The average molecular weight is 519 g/mol. The molecule has 1 aromatic rings. The van der Waals surface area contributed by atoms with E-state index >= 15 is 0 Å². The van der Waals surface area contributed by atoms with Gasteiger partial charge in [0.2, 0.25) is 0 Å². The molecular weight excluding hydrogens is 490 g/mol. The van der Waals surface area contributed by atoms with E-state index in [9.17, 15) is 9.90 Å². The molecule has 2 unspecified atom stereocenters. The molecule has 0 saturated heterocycles. The molecule has 0 aromatic heterocycles. The third kappa shape index (κ3) is 3.19. The van der Waals surface area contributed by atoms with Gasteiger partial charge in [0.15, 0.2) is 5.78 Å². The lowest BCUT2D eigenvalue weighted by Gasteiger charge is -2.54. The van der Waals surface area contributed by atoms with Crippen LogP contribution in [0.25, 0.3) is 0 Å². The molecule has 2 saturated carbocycles. The van der Waals surface area contributed by atoms with Gasteiger partial charge in [0.05, 0.1) is 22.2 Å². The highest BCUT2D eigenvalue weighted by Crippen LogP contribution is 2.67. The summed E-state index contributed by atoms with van der Waals surface area (Å²) >= 11 is 9.99. The summed E-state index contributed by atoms with van der Waals surface area (Å²) in [6.45, 7) is 2.25. The Kier molecular flexibility index (Phi) is 5.67. The van der Waals surface area contributed by atoms with E-state index in [2.05, 4.69) is 40.1 Å². The fraction of sp³-hybridized carbons (Fsp3) is 0.538. The predicted octanol–water partition coefficient (Wildman–Crippen LogP) is 6.09. The van der Waals surface area contributed by atoms with E-state index in [1.165, 1.54) is 28.5 Å². The maximum atomic E-state index is 12.4. The van der Waals surface area contributed by atoms with Crippen LogP contribution in [-0.2, 0) is 4.79 Å². The zero-order valence-corrected chi connectivity index (χ0v) is 20.6. The number of Topliss-reactive ketones (excluding diaryl/α,β-unsaturated/α-hetero) is 1. The Hall–Kier alpha value is -1.43. The topological polar surface area (TPSA) is 69.9 Å². The first kappa shape index (κ1) is 22.4. The zero-order valence-electron chi connectivity index (χ0n) is 18.3. The van der Waals surface area contributed by atoms with Gasteiger partial charge >= 0.3 is 0 Å². The van der Waals surface area contributed by atoms with E-state index in [1.807, 2.05) is 12.1 Å². The summed E-state index contributed by atoms with van der Waals surface area (Å²) in [5.41, 5.74) is 5.03. The fourth-order valence-corrected chi connectivity index (χ4v) is 8.28. The minimum Gasteiger partial charge on any atom is -0.411 e. The van der Waals surface area contributed by atoms with E-state index < -0.39 is 5.60 Å². The van der Waals surface area contributed by atoms with Crippen molar-refractivity contribution in [3.8, 4) is 0 Å². The van der Waals surface area contributed by atoms with Gasteiger partial charge in [-0.15, -0.1) is 11.6 Å². The van der Waals surface area contributed by atoms with Crippen LogP contribution >= 0.6 is 27.5 Å². The van der Waals surface area contributed by atoms with Crippen LogP contribution in [0.3, 0.4) is 0 Å². The molecule has 4 aliphatic rings. The van der Waals surface area contributed by atoms with E-state index in [1.54, 1.807) is 0 Å². The van der Waals surface area contributed by atoms with Gasteiger partial charge in [-0.1, -0.05) is 41.9 Å². The van der Waals surface area contributed by atoms with E-state index in [-0.39, 0.29) is 23.0 Å². The largest absolute Gasteiger partial charge is 0.411 e. The molecule has 2 N–H and O–H groups in total. The smallest absolute Gasteiger partial charge is 0.170 e. The lowest BCUT2D eigenvalue weighted by molar-refractivity contribution is -0.115. The maximum Gasteiger partial charge on any atom is 0.170 e. The Bertz CT molecular complexity index is 1050. The van der Waals surface area contributed by atoms with E-state index in [4.69, 9.17) is 16.8 Å². The van der Waals surface area contributed by atoms with Crippen LogP contribution < -0.4 is 0 Å². The number of carbonyl (C=O) groups excluding carboxylic acids is 1. The molecule has 4 nitrogen and oxygen atoms in total. The summed E-state index contributed by atoms with van der Waals surface area (Å²) < 4.78 is 0.773. The van der Waals surface area contributed by atoms with Crippen molar-refractivity contribution in [2.24, 2.45) is 22.4 Å². The minimum atomic E-state index is -0.851. The second-order valence-electron chi connectivity index (χ2n) is 10.2. The zero-order chi connectivity index (χ0) is 22.7. The van der Waals surface area contributed by atoms with Crippen LogP contribution in [0.4, 0.5) is 0 Å². The van der Waals surface area contributed by atoms with Gasteiger partial charge in [0, 0.05) is 17.8 Å². The summed E-state index contributed by atoms with van der Waals surface area (Å²) in [6.07, 6.45) is 7.33. The molecule has 0 spiro atoms. The summed E-state index contributed by atoms with van der Waals surface area (Å²) in [7, 11) is 0. The van der Waals surface area contributed by atoms with Crippen molar-refractivity contribution in [3.05, 3.63) is 56.6 Å². The van der Waals surface area contributed by atoms with Crippen molar-refractivity contribution >= 4 is 39.5 Å². The van der Waals surface area contributed by atoms with Gasteiger partial charge in [0.25, 0.3) is 0 Å². The molecule has 5 rings (SSSR count). The molecule has 2 fully saturated rings. The van der Waals surface area contributed by atoms with Crippen LogP contribution in [0.5, 0.6) is 0 Å². The van der Waals surface area contributed by atoms with Crippen molar-refractivity contribution < 1.29 is 15.1 Å². The number of benzene rings is 1. The number of rotatable bonds is 3. The van der Waals surface area contributed by atoms with Crippen molar-refractivity contribution in [2.45, 2.75) is 63.4 Å². The fourth-order valence-electron chi connectivity index (χ4n) is 7.21. The second-order valence-corrected chi connectivity index (χ2v) is 11.3. The molecule has 0 amide bonds. The highest BCUT2D eigenvalue weighted by molar-refractivity contribution is 9.12. The SMILES string of the molecule is C[C@]12C[C@H](c3ccc(/C=N/O)cc3)C3=C4CCC(=O)C(Br)=C4CCC3C1CC[C@@]2(O)CCl. The Labute approximate surface area is 202 Å². The first-order valence-electron chi connectivity index (χ1n) is 11.5. The highest BCUT2D eigenvalue weighted by Gasteiger charge is 2.62. The van der Waals surface area contributed by atoms with Crippen molar-refractivity contribution in [1.29, 1.82) is 0 Å². The molecule has 0 bridgehead atoms. The quantitative estimate of drug-likeness (QED) is 0.220. The molecule has 32 heavy (non-hydrogen) atoms. The first-order valence-corrected chi connectivity index (χ1v) is 12.9. The number of allylic oxidation sites excluding steroid dienone is 4. The van der Waals surface area contributed by atoms with Gasteiger partial charge in [-0.05, 0) is 88.6 Å². The molecule has 6 heteroatoms. The Balaban J connectivity index is 1.68. The summed E-state index contributed by atoms with van der Waals surface area (Å²) in [4.78, 5) is 12.4. The molecular formula is C26H29BrClNO3. The molecule has 5 atom stereocenters. The molecule has 170 valence electrons. The molecule has 1 aromatic carbocycles. The lowest BCUT2D eigenvalue weighted by Crippen LogP contribution is -2.52. The molecule has 0 aliphatic heterocycles. The predicted molar refractivity (Wildman–Crippen MR) is 130 cm³/mol. The summed E-state index contributed by atoms with van der Waals surface area (Å²) in [5.74, 6) is 1.46. The van der Waals surface area contributed by atoms with Crippen LogP contribution in [0, 0.1) is 17.3 Å². The maximum absolute atomic E-state index is 12.4. The standard InChI is InChI=1S/C26H29BrClNO3/c1-25-12-20(16-4-2-15(3-5-16)13-29-32)23-17-8-9-22(30)24(27)18(17)6-7-19(23)21(25)10-11-26(25,31)14-28/h2-5,13,19-21,31-32H,6-12,14H2,1H3/b29-13+/t19?,20-,21?,25+,26-/m1/s1. The summed E-state index contributed by atoms with van der Waals surface area (Å²) in [6, 6.07) is 8.19. The minimum absolute atomic E-state index is 0.174. The molecule has 0 heterocycles. The van der Waals surface area contributed by atoms with E-state index in [0.29, 0.717) is 18.3 Å². The lowest BCUT2D eigenvalue weighted by atomic mass is 9.51. The van der Waals surface area contributed by atoms with Crippen molar-refractivity contribution in [1.82, 2.24) is 0 Å². The van der Waals surface area contributed by atoms with Gasteiger partial charge in [-0.3, -0.25) is 4.79 Å². The number of ketones is 1. The number of oxime groups is 1. The van der Waals surface area contributed by atoms with Crippen LogP contribution in [0.1, 0.15) is 68.9 Å². The van der Waals surface area contributed by atoms with E-state index in [0.717, 1.165) is 48.6 Å². The number of nitrogens with zero attached hydrogens (tertiary/aromatic N) is 1. The molecule has 4 aliphatic carbocycles. The normalized spacial score (nSPS) is 37.0. The number of fused-ring (bicyclic) bond motifs is 4. The van der Waals surface area contributed by atoms with Crippen LogP contribution in [-0.4, -0.2) is 33.8 Å². The summed E-state index contributed by atoms with van der Waals surface area (Å²) in [5, 5.41) is 23.6. The number of hydrogen-bond acceptors (Lipinski definition) is 4. The molecule has 0 radical (unpaired) electrons. The van der Waals surface area contributed by atoms with Gasteiger partial charge in [-0.2, -0.15) is 0 Å². The third-order valence-corrected chi connectivity index (χ3v) is 10.3.